The molecule has 0 bridgehead atoms. The lowest BCUT2D eigenvalue weighted by atomic mass is 10.1. The molecule has 1 unspecified atom stereocenters. The summed E-state index contributed by atoms with van der Waals surface area (Å²) >= 11 is 0. The molecule has 0 aliphatic heterocycles. The van der Waals surface area contributed by atoms with E-state index < -0.39 is 0 Å². The van der Waals surface area contributed by atoms with Crippen LogP contribution in [0.1, 0.15) is 29.8 Å². The van der Waals surface area contributed by atoms with Gasteiger partial charge in [-0.05, 0) is 52.2 Å². The molecule has 0 heterocycles. The standard InChI is InChI=1S/C17H24N2O2/c1-5-19(14(2)13-18(3)4)17(21)16-10-8-15(9-11-16)7-6-12-20/h8-11,14,20H,5,12-13H2,1-4H3. The highest BCUT2D eigenvalue weighted by atomic mass is 16.2. The van der Waals surface area contributed by atoms with Gasteiger partial charge in [-0.25, -0.2) is 0 Å². The first-order valence-electron chi connectivity index (χ1n) is 7.15. The van der Waals surface area contributed by atoms with Crippen LogP contribution >= 0.6 is 0 Å². The molecule has 0 aliphatic rings. The quantitative estimate of drug-likeness (QED) is 0.834. The van der Waals surface area contributed by atoms with Crippen molar-refractivity contribution < 1.29 is 9.90 Å². The van der Waals surface area contributed by atoms with Gasteiger partial charge < -0.3 is 14.9 Å². The number of carbonyl (C=O) groups excluding carboxylic acids is 1. The number of rotatable bonds is 5. The number of amides is 1. The van der Waals surface area contributed by atoms with Crippen LogP contribution in [0.2, 0.25) is 0 Å². The molecule has 1 aromatic carbocycles. The van der Waals surface area contributed by atoms with Gasteiger partial charge in [-0.3, -0.25) is 4.79 Å². The van der Waals surface area contributed by atoms with Crippen molar-refractivity contribution in [1.29, 1.82) is 0 Å². The lowest BCUT2D eigenvalue weighted by molar-refractivity contribution is 0.0679. The summed E-state index contributed by atoms with van der Waals surface area (Å²) in [6.45, 7) is 5.40. The zero-order valence-corrected chi connectivity index (χ0v) is 13.3. The number of aliphatic hydroxyl groups excluding tert-OH is 1. The molecule has 0 aromatic heterocycles. The molecule has 0 aliphatic carbocycles. The Morgan fingerprint density at radius 3 is 2.38 bits per heavy atom. The molecule has 1 amide bonds. The average Bonchev–Trinajstić information content (AvgIpc) is 2.45. The van der Waals surface area contributed by atoms with Crippen molar-refractivity contribution >= 4 is 5.91 Å². The van der Waals surface area contributed by atoms with Crippen molar-refractivity contribution in [1.82, 2.24) is 9.80 Å². The van der Waals surface area contributed by atoms with Gasteiger partial charge in [0.2, 0.25) is 0 Å². The number of hydrogen-bond acceptors (Lipinski definition) is 3. The highest BCUT2D eigenvalue weighted by Crippen LogP contribution is 2.10. The van der Waals surface area contributed by atoms with E-state index in [1.807, 2.05) is 25.9 Å². The van der Waals surface area contributed by atoms with Crippen LogP contribution in [-0.2, 0) is 0 Å². The highest BCUT2D eigenvalue weighted by Gasteiger charge is 2.20. The van der Waals surface area contributed by atoms with Gasteiger partial charge >= 0.3 is 0 Å². The second-order valence-electron chi connectivity index (χ2n) is 5.24. The maximum atomic E-state index is 12.6. The van der Waals surface area contributed by atoms with Crippen LogP contribution < -0.4 is 0 Å². The molecule has 0 radical (unpaired) electrons. The normalized spacial score (nSPS) is 11.7. The molecule has 1 aromatic rings. The van der Waals surface area contributed by atoms with Crippen molar-refractivity contribution in [3.63, 3.8) is 0 Å². The summed E-state index contributed by atoms with van der Waals surface area (Å²) in [7, 11) is 4.01. The summed E-state index contributed by atoms with van der Waals surface area (Å²) in [6, 6.07) is 7.34. The number of aliphatic hydroxyl groups is 1. The van der Waals surface area contributed by atoms with Gasteiger partial charge in [0.05, 0.1) is 0 Å². The van der Waals surface area contributed by atoms with Crippen LogP contribution in [0.5, 0.6) is 0 Å². The van der Waals surface area contributed by atoms with E-state index in [4.69, 9.17) is 5.11 Å². The molecule has 1 N–H and O–H groups in total. The van der Waals surface area contributed by atoms with Crippen LogP contribution in [0.15, 0.2) is 24.3 Å². The highest BCUT2D eigenvalue weighted by molar-refractivity contribution is 5.94. The Kier molecular flexibility index (Phi) is 6.93. The lowest BCUT2D eigenvalue weighted by Crippen LogP contribution is -2.43. The van der Waals surface area contributed by atoms with E-state index in [0.717, 1.165) is 12.1 Å². The Morgan fingerprint density at radius 2 is 1.90 bits per heavy atom. The first kappa shape index (κ1) is 17.2. The van der Waals surface area contributed by atoms with E-state index in [-0.39, 0.29) is 18.6 Å². The van der Waals surface area contributed by atoms with Crippen molar-refractivity contribution in [3.05, 3.63) is 35.4 Å². The number of hydrogen-bond donors (Lipinski definition) is 1. The summed E-state index contributed by atoms with van der Waals surface area (Å²) < 4.78 is 0. The molecule has 4 heteroatoms. The second kappa shape index (κ2) is 8.46. The number of nitrogens with zero attached hydrogens (tertiary/aromatic N) is 2. The molecule has 114 valence electrons. The van der Waals surface area contributed by atoms with Crippen molar-refractivity contribution in [3.8, 4) is 11.8 Å². The van der Waals surface area contributed by atoms with E-state index in [1.54, 1.807) is 24.3 Å². The molecule has 0 saturated heterocycles. The Bertz CT molecular complexity index is 512. The number of benzene rings is 1. The van der Waals surface area contributed by atoms with Crippen molar-refractivity contribution in [2.24, 2.45) is 0 Å². The van der Waals surface area contributed by atoms with Gasteiger partial charge in [0.15, 0.2) is 0 Å². The van der Waals surface area contributed by atoms with Gasteiger partial charge in [0.1, 0.15) is 6.61 Å². The predicted octanol–water partition coefficient (Wildman–Crippen LogP) is 1.44. The lowest BCUT2D eigenvalue weighted by Gasteiger charge is -2.30. The molecule has 1 rings (SSSR count). The zero-order valence-electron chi connectivity index (χ0n) is 13.3. The van der Waals surface area contributed by atoms with Crippen LogP contribution in [0.3, 0.4) is 0 Å². The fourth-order valence-electron chi connectivity index (χ4n) is 2.29. The summed E-state index contributed by atoms with van der Waals surface area (Å²) in [5.41, 5.74) is 1.46. The first-order valence-corrected chi connectivity index (χ1v) is 7.15. The monoisotopic (exact) mass is 288 g/mol. The molecule has 4 nitrogen and oxygen atoms in total. The Labute approximate surface area is 127 Å². The summed E-state index contributed by atoms with van der Waals surface area (Å²) in [5, 5.41) is 8.67. The maximum absolute atomic E-state index is 12.6. The average molecular weight is 288 g/mol. The third-order valence-corrected chi connectivity index (χ3v) is 3.21. The SMILES string of the molecule is CCN(C(=O)c1ccc(C#CCO)cc1)C(C)CN(C)C. The van der Waals surface area contributed by atoms with E-state index in [2.05, 4.69) is 23.7 Å². The molecule has 1 atom stereocenters. The van der Waals surface area contributed by atoms with Crippen LogP contribution in [0, 0.1) is 11.8 Å². The molecule has 0 spiro atoms. The summed E-state index contributed by atoms with van der Waals surface area (Å²) in [6.07, 6.45) is 0. The minimum Gasteiger partial charge on any atom is -0.384 e. The topological polar surface area (TPSA) is 43.8 Å². The third kappa shape index (κ3) is 5.22. The third-order valence-electron chi connectivity index (χ3n) is 3.21. The van der Waals surface area contributed by atoms with E-state index >= 15 is 0 Å². The minimum absolute atomic E-state index is 0.0357. The van der Waals surface area contributed by atoms with Gasteiger partial charge in [0, 0.05) is 30.3 Å². The Balaban J connectivity index is 2.85. The fourth-order valence-corrected chi connectivity index (χ4v) is 2.29. The first-order chi connectivity index (χ1) is 9.99. The number of likely N-dealkylation sites (N-methyl/N-ethyl adjacent to an activating group) is 2. The second-order valence-corrected chi connectivity index (χ2v) is 5.24. The molecule has 0 fully saturated rings. The fraction of sp³-hybridized carbons (Fsp3) is 0.471. The van der Waals surface area contributed by atoms with Crippen LogP contribution in [0.4, 0.5) is 0 Å². The van der Waals surface area contributed by atoms with Crippen molar-refractivity contribution in [2.75, 3.05) is 33.8 Å². The van der Waals surface area contributed by atoms with Gasteiger partial charge in [-0.2, -0.15) is 0 Å². The van der Waals surface area contributed by atoms with Gasteiger partial charge in [0.25, 0.3) is 5.91 Å². The smallest absolute Gasteiger partial charge is 0.254 e. The van der Waals surface area contributed by atoms with E-state index in [0.29, 0.717) is 12.1 Å². The predicted molar refractivity (Wildman–Crippen MR) is 85.1 cm³/mol. The largest absolute Gasteiger partial charge is 0.384 e. The Morgan fingerprint density at radius 1 is 1.29 bits per heavy atom. The van der Waals surface area contributed by atoms with Gasteiger partial charge in [-0.15, -0.1) is 0 Å². The summed E-state index contributed by atoms with van der Waals surface area (Å²) in [4.78, 5) is 16.5. The number of carbonyl (C=O) groups is 1. The van der Waals surface area contributed by atoms with E-state index in [1.165, 1.54) is 0 Å². The minimum atomic E-state index is -0.160. The van der Waals surface area contributed by atoms with Crippen molar-refractivity contribution in [2.45, 2.75) is 19.9 Å². The maximum Gasteiger partial charge on any atom is 0.254 e. The van der Waals surface area contributed by atoms with Crippen LogP contribution in [-0.4, -0.2) is 60.6 Å². The Hall–Kier alpha value is -1.83. The molecule has 0 saturated carbocycles. The van der Waals surface area contributed by atoms with E-state index in [9.17, 15) is 4.79 Å². The molecule has 21 heavy (non-hydrogen) atoms. The molecular weight excluding hydrogens is 264 g/mol. The zero-order chi connectivity index (χ0) is 15.8. The van der Waals surface area contributed by atoms with Crippen LogP contribution in [0.25, 0.3) is 0 Å². The molecular formula is C17H24N2O2. The summed E-state index contributed by atoms with van der Waals surface area (Å²) in [5.74, 6) is 5.45. The van der Waals surface area contributed by atoms with Gasteiger partial charge in [-0.1, -0.05) is 11.8 Å².